The van der Waals surface area contributed by atoms with E-state index in [9.17, 15) is 14.7 Å². The molecule has 3 aromatic rings. The zero-order chi connectivity index (χ0) is 19.1. The van der Waals surface area contributed by atoms with Crippen LogP contribution in [0.5, 0.6) is 5.88 Å². The first-order chi connectivity index (χ1) is 13.0. The summed E-state index contributed by atoms with van der Waals surface area (Å²) in [5, 5.41) is 11.1. The van der Waals surface area contributed by atoms with E-state index in [0.717, 1.165) is 21.4 Å². The van der Waals surface area contributed by atoms with Crippen LogP contribution in [0, 0.1) is 6.92 Å². The van der Waals surface area contributed by atoms with Crippen molar-refractivity contribution in [2.24, 2.45) is 4.99 Å². The number of aromatic amines is 1. The maximum atomic E-state index is 12.3. The van der Waals surface area contributed by atoms with Crippen LogP contribution in [0.15, 0.2) is 57.0 Å². The van der Waals surface area contributed by atoms with E-state index in [2.05, 4.69) is 9.98 Å². The number of nitrogens with zero attached hydrogens (tertiary/aromatic N) is 2. The van der Waals surface area contributed by atoms with E-state index in [0.29, 0.717) is 16.3 Å². The van der Waals surface area contributed by atoms with Gasteiger partial charge < -0.3 is 5.11 Å². The normalized spacial score (nSPS) is 13.9. The Labute approximate surface area is 158 Å². The number of hydrogen-bond acceptors (Lipinski definition) is 4. The molecule has 27 heavy (non-hydrogen) atoms. The van der Waals surface area contributed by atoms with Crippen LogP contribution in [0.3, 0.4) is 0 Å². The summed E-state index contributed by atoms with van der Waals surface area (Å²) in [4.78, 5) is 31.1. The molecule has 0 unspecified atom stereocenters. The predicted octanol–water partition coefficient (Wildman–Crippen LogP) is 3.45. The van der Waals surface area contributed by atoms with E-state index >= 15 is 0 Å². The first-order valence-corrected chi connectivity index (χ1v) is 8.53. The van der Waals surface area contributed by atoms with Gasteiger partial charge in [-0.3, -0.25) is 14.8 Å². The van der Waals surface area contributed by atoms with E-state index in [1.165, 1.54) is 6.08 Å². The largest absolute Gasteiger partial charge is 0.494 e. The molecule has 1 aliphatic heterocycles. The third-order valence-corrected chi connectivity index (χ3v) is 4.80. The molecule has 0 radical (unpaired) electrons. The summed E-state index contributed by atoms with van der Waals surface area (Å²) in [5.41, 5.74) is 1.99. The average Bonchev–Trinajstić information content (AvgIpc) is 3.04. The topological polar surface area (TPSA) is 87.4 Å². The number of para-hydroxylation sites is 1. The third-order valence-electron chi connectivity index (χ3n) is 4.39. The number of aromatic hydroxyl groups is 1. The minimum atomic E-state index is -0.750. The van der Waals surface area contributed by atoms with Crippen molar-refractivity contribution < 1.29 is 5.11 Å². The fourth-order valence-corrected chi connectivity index (χ4v) is 3.11. The van der Waals surface area contributed by atoms with Crippen LogP contribution >= 0.6 is 11.6 Å². The second kappa shape index (κ2) is 6.41. The number of aryl methyl sites for hydroxylation is 1. The second-order valence-electron chi connectivity index (χ2n) is 6.14. The summed E-state index contributed by atoms with van der Waals surface area (Å²) in [6, 6.07) is 12.4. The number of hydrogen-bond donors (Lipinski definition) is 2. The number of rotatable bonds is 2. The van der Waals surface area contributed by atoms with Crippen LogP contribution in [-0.4, -0.2) is 20.9 Å². The Morgan fingerprint density at radius 3 is 2.74 bits per heavy atom. The Bertz CT molecular complexity index is 1250. The predicted molar refractivity (Wildman–Crippen MR) is 107 cm³/mol. The van der Waals surface area contributed by atoms with Gasteiger partial charge in [0.1, 0.15) is 5.56 Å². The minimum absolute atomic E-state index is 0.0375. The number of aromatic nitrogens is 2. The summed E-state index contributed by atoms with van der Waals surface area (Å²) >= 11 is 6.13. The number of allylic oxidation sites excluding steroid dienone is 1. The van der Waals surface area contributed by atoms with E-state index in [1.54, 1.807) is 24.4 Å². The van der Waals surface area contributed by atoms with Gasteiger partial charge in [0.2, 0.25) is 5.88 Å². The van der Waals surface area contributed by atoms with Gasteiger partial charge in [-0.2, -0.15) is 0 Å². The Morgan fingerprint density at radius 2 is 1.96 bits per heavy atom. The van der Waals surface area contributed by atoms with Crippen LogP contribution in [0.1, 0.15) is 16.7 Å². The molecule has 0 aliphatic carbocycles. The van der Waals surface area contributed by atoms with Crippen molar-refractivity contribution in [2.45, 2.75) is 6.92 Å². The van der Waals surface area contributed by atoms with Gasteiger partial charge in [-0.25, -0.2) is 9.36 Å². The summed E-state index contributed by atoms with van der Waals surface area (Å²) < 4.78 is 1.01. The molecule has 0 bridgehead atoms. The van der Waals surface area contributed by atoms with Gasteiger partial charge in [0.05, 0.1) is 11.4 Å². The molecule has 0 fully saturated rings. The lowest BCUT2D eigenvalue weighted by Gasteiger charge is -2.11. The highest BCUT2D eigenvalue weighted by molar-refractivity contribution is 6.31. The highest BCUT2D eigenvalue weighted by Gasteiger charge is 2.17. The smallest absolute Gasteiger partial charge is 0.335 e. The molecule has 7 heteroatoms. The van der Waals surface area contributed by atoms with E-state index in [4.69, 9.17) is 11.6 Å². The minimum Gasteiger partial charge on any atom is -0.494 e. The van der Waals surface area contributed by atoms with Gasteiger partial charge in [-0.05, 0) is 36.8 Å². The molecule has 4 rings (SSSR count). The third kappa shape index (κ3) is 2.90. The average molecular weight is 380 g/mol. The highest BCUT2D eigenvalue weighted by atomic mass is 35.5. The molecular weight excluding hydrogens is 366 g/mol. The molecule has 0 saturated heterocycles. The van der Waals surface area contributed by atoms with Crippen molar-refractivity contribution in [3.05, 3.63) is 85.0 Å². The second-order valence-corrected chi connectivity index (χ2v) is 6.55. The van der Waals surface area contributed by atoms with Gasteiger partial charge in [-0.15, -0.1) is 0 Å². The number of halogens is 1. The van der Waals surface area contributed by atoms with Crippen molar-refractivity contribution in [3.63, 3.8) is 0 Å². The summed E-state index contributed by atoms with van der Waals surface area (Å²) in [7, 11) is 0. The van der Waals surface area contributed by atoms with Gasteiger partial charge in [0, 0.05) is 22.4 Å². The Kier molecular flexibility index (Phi) is 4.05. The number of benzene rings is 2. The van der Waals surface area contributed by atoms with E-state index < -0.39 is 17.1 Å². The van der Waals surface area contributed by atoms with Crippen molar-refractivity contribution in [1.82, 2.24) is 9.55 Å². The fourth-order valence-electron chi connectivity index (χ4n) is 2.94. The van der Waals surface area contributed by atoms with Crippen LogP contribution in [0.4, 0.5) is 5.69 Å². The van der Waals surface area contributed by atoms with Crippen LogP contribution in [0.2, 0.25) is 5.02 Å². The van der Waals surface area contributed by atoms with Crippen LogP contribution in [0.25, 0.3) is 17.3 Å². The molecule has 2 N–H and O–H groups in total. The van der Waals surface area contributed by atoms with E-state index in [-0.39, 0.29) is 5.56 Å². The van der Waals surface area contributed by atoms with Gasteiger partial charge in [-0.1, -0.05) is 35.9 Å². The number of H-pyrrole nitrogens is 1. The molecule has 0 amide bonds. The van der Waals surface area contributed by atoms with E-state index in [1.807, 2.05) is 31.2 Å². The zero-order valence-corrected chi connectivity index (χ0v) is 15.0. The lowest BCUT2D eigenvalue weighted by atomic mass is 10.1. The molecule has 134 valence electrons. The van der Waals surface area contributed by atoms with Crippen LogP contribution < -0.4 is 11.2 Å². The maximum absolute atomic E-state index is 12.3. The maximum Gasteiger partial charge on any atom is 0.335 e. The van der Waals surface area contributed by atoms with Crippen molar-refractivity contribution in [3.8, 4) is 11.6 Å². The number of nitrogens with one attached hydrogen (secondary N) is 1. The zero-order valence-electron chi connectivity index (χ0n) is 14.2. The quantitative estimate of drug-likeness (QED) is 0.714. The molecule has 1 aliphatic rings. The molecule has 0 saturated carbocycles. The Hall–Kier alpha value is -3.38. The van der Waals surface area contributed by atoms with Gasteiger partial charge in [0.25, 0.3) is 5.56 Å². The monoisotopic (exact) mass is 379 g/mol. The fraction of sp³-hybridized carbons (Fsp3) is 0.0500. The highest BCUT2D eigenvalue weighted by Crippen LogP contribution is 2.33. The molecule has 0 atom stereocenters. The lowest BCUT2D eigenvalue weighted by Crippen LogP contribution is -2.30. The van der Waals surface area contributed by atoms with Gasteiger partial charge in [0.15, 0.2) is 0 Å². The number of fused-ring (bicyclic) bond motifs is 1. The first kappa shape index (κ1) is 17.1. The number of aliphatic imine (C=N–C) groups is 1. The standard InChI is InChI=1S/C20H14ClN3O3/c1-11-6-7-13(9-16(11)21)24-19(26)15(18(25)23-20(24)27)8-12-10-22-17-5-3-2-4-14(12)17/h2-10,26H,1H3,(H,23,25,27). The molecule has 6 nitrogen and oxygen atoms in total. The molecule has 2 aromatic carbocycles. The lowest BCUT2D eigenvalue weighted by molar-refractivity contribution is 0.429. The summed E-state index contributed by atoms with van der Waals surface area (Å²) in [5.74, 6) is -0.464. The summed E-state index contributed by atoms with van der Waals surface area (Å²) in [6.45, 7) is 1.83. The Balaban J connectivity index is 1.92. The molecule has 2 heterocycles. The summed E-state index contributed by atoms with van der Waals surface area (Å²) in [6.07, 6.45) is 3.12. The molecular formula is C20H14ClN3O3. The Morgan fingerprint density at radius 1 is 1.19 bits per heavy atom. The van der Waals surface area contributed by atoms with Crippen molar-refractivity contribution in [2.75, 3.05) is 0 Å². The SMILES string of the molecule is Cc1ccc(-n2c(O)c(C=C3C=Nc4ccccc43)c(=O)[nH]c2=O)cc1Cl. The van der Waals surface area contributed by atoms with Gasteiger partial charge >= 0.3 is 5.69 Å². The molecule has 0 spiro atoms. The molecule has 1 aromatic heterocycles. The van der Waals surface area contributed by atoms with Crippen molar-refractivity contribution >= 4 is 35.2 Å². The van der Waals surface area contributed by atoms with Crippen molar-refractivity contribution in [1.29, 1.82) is 0 Å². The first-order valence-electron chi connectivity index (χ1n) is 8.15. The van der Waals surface area contributed by atoms with Crippen LogP contribution in [-0.2, 0) is 0 Å².